The van der Waals surface area contributed by atoms with Crippen molar-refractivity contribution in [2.45, 2.75) is 49.7 Å². The summed E-state index contributed by atoms with van der Waals surface area (Å²) in [6.07, 6.45) is 2.06. The van der Waals surface area contributed by atoms with Gasteiger partial charge >= 0.3 is 0 Å². The van der Waals surface area contributed by atoms with Gasteiger partial charge in [0.2, 0.25) is 0 Å². The van der Waals surface area contributed by atoms with Gasteiger partial charge in [-0.25, -0.2) is 0 Å². The van der Waals surface area contributed by atoms with Crippen LogP contribution in [0.2, 0.25) is 0 Å². The molecule has 0 aromatic heterocycles. The summed E-state index contributed by atoms with van der Waals surface area (Å²) >= 11 is 16.0. The third-order valence-electron chi connectivity index (χ3n) is 5.36. The van der Waals surface area contributed by atoms with Crippen LogP contribution in [-0.4, -0.2) is 13.2 Å². The van der Waals surface area contributed by atoms with E-state index in [0.29, 0.717) is 0 Å². The first-order chi connectivity index (χ1) is 15.8. The van der Waals surface area contributed by atoms with E-state index in [1.165, 1.54) is 47.7 Å². The number of ether oxygens (including phenoxy) is 2. The highest BCUT2D eigenvalue weighted by atomic mass is 32.3. The minimum atomic E-state index is 0.774. The van der Waals surface area contributed by atoms with Crippen LogP contribution in [0.3, 0.4) is 0 Å². The van der Waals surface area contributed by atoms with Crippen LogP contribution in [0.5, 0.6) is 11.5 Å². The van der Waals surface area contributed by atoms with Gasteiger partial charge in [0.15, 0.2) is 0 Å². The zero-order valence-electron chi connectivity index (χ0n) is 17.7. The van der Waals surface area contributed by atoms with Gasteiger partial charge in [0.25, 0.3) is 0 Å². The van der Waals surface area contributed by atoms with Crippen molar-refractivity contribution in [3.05, 3.63) is 47.7 Å². The van der Waals surface area contributed by atoms with E-state index in [1.807, 2.05) is 94.1 Å². The van der Waals surface area contributed by atoms with E-state index in [4.69, 9.17) is 9.47 Å². The summed E-state index contributed by atoms with van der Waals surface area (Å²) < 4.78 is 22.0. The molecular weight excluding hydrogens is 553 g/mol. The molecule has 1 aromatic carbocycles. The molecule has 0 atom stereocenters. The number of rotatable bonds is 6. The molecule has 0 radical (unpaired) electrons. The molecule has 0 spiro atoms. The van der Waals surface area contributed by atoms with Crippen LogP contribution in [0, 0.1) is 0 Å². The minimum absolute atomic E-state index is 0.774. The number of thioether (sulfide) groups is 8. The molecule has 1 aromatic rings. The molecule has 9 rings (SSSR count). The maximum Gasteiger partial charge on any atom is 0.128 e. The highest BCUT2D eigenvalue weighted by Crippen LogP contribution is 2.69. The Hall–Kier alpha value is 0.840. The number of hydrogen-bond donors (Lipinski definition) is 0. The summed E-state index contributed by atoms with van der Waals surface area (Å²) in [5.41, 5.74) is 5.51. The van der Waals surface area contributed by atoms with Crippen LogP contribution in [0.15, 0.2) is 25.4 Å². The molecule has 10 heteroatoms. The zero-order valence-corrected chi connectivity index (χ0v) is 24.3. The summed E-state index contributed by atoms with van der Waals surface area (Å²) in [4.78, 5) is 0. The van der Waals surface area contributed by atoms with E-state index in [2.05, 4.69) is 13.8 Å². The Kier molecular flexibility index (Phi) is 7.32. The SMILES string of the molecule is CCCOc1c2c3c(OCCC)c4c1CSC1=C(SC3)SC(=C3SC(=C(SC4)S3)SC2)S1. The van der Waals surface area contributed by atoms with Crippen molar-refractivity contribution in [1.29, 1.82) is 0 Å². The monoisotopic (exact) mass is 574 g/mol. The van der Waals surface area contributed by atoms with E-state index >= 15 is 0 Å². The standard InChI is InChI=1S/C22H22O2S8/c1-3-5-23-15-11-7-25-17-19-28-10-14-12(15)8-26-18-20(32-22(30-18)21(29-17)31-19)27-9-13(11)16(14)24-6-4-2/h3-10H2,1-2H3. The number of benzene rings is 1. The Morgan fingerprint density at radius 3 is 1.09 bits per heavy atom. The molecule has 0 N–H and O–H groups in total. The van der Waals surface area contributed by atoms with Gasteiger partial charge in [0.1, 0.15) is 11.5 Å². The van der Waals surface area contributed by atoms with Crippen molar-refractivity contribution in [1.82, 2.24) is 0 Å². The molecular formula is C22H22O2S8. The molecule has 8 aliphatic rings. The van der Waals surface area contributed by atoms with E-state index in [1.54, 1.807) is 0 Å². The molecule has 10 bridgehead atoms. The molecule has 0 saturated carbocycles. The lowest BCUT2D eigenvalue weighted by Gasteiger charge is -2.28. The lowest BCUT2D eigenvalue weighted by atomic mass is 9.97. The summed E-state index contributed by atoms with van der Waals surface area (Å²) in [6, 6.07) is 0. The fourth-order valence-electron chi connectivity index (χ4n) is 3.90. The van der Waals surface area contributed by atoms with Crippen molar-refractivity contribution < 1.29 is 9.47 Å². The molecule has 0 amide bonds. The Balaban J connectivity index is 1.61. The highest BCUT2D eigenvalue weighted by molar-refractivity contribution is 8.44. The van der Waals surface area contributed by atoms with Crippen molar-refractivity contribution >= 4 is 94.1 Å². The van der Waals surface area contributed by atoms with Gasteiger partial charge in [-0.05, 0) is 12.8 Å². The van der Waals surface area contributed by atoms with Crippen molar-refractivity contribution in [2.75, 3.05) is 13.2 Å². The van der Waals surface area contributed by atoms with Crippen LogP contribution in [-0.2, 0) is 23.0 Å². The molecule has 8 heterocycles. The Labute approximate surface area is 223 Å². The fraction of sp³-hybridized carbons (Fsp3) is 0.455. The summed E-state index contributed by atoms with van der Waals surface area (Å²) in [6.45, 7) is 5.95. The predicted molar refractivity (Wildman–Crippen MR) is 155 cm³/mol. The zero-order chi connectivity index (χ0) is 21.7. The van der Waals surface area contributed by atoms with Crippen LogP contribution >= 0.6 is 94.1 Å². The quantitative estimate of drug-likeness (QED) is 0.325. The normalized spacial score (nSPS) is 21.3. The van der Waals surface area contributed by atoms with Crippen molar-refractivity contribution in [2.24, 2.45) is 0 Å². The maximum absolute atomic E-state index is 6.56. The molecule has 0 fully saturated rings. The van der Waals surface area contributed by atoms with Crippen LogP contribution < -0.4 is 9.47 Å². The number of hydrogen-bond acceptors (Lipinski definition) is 10. The Bertz CT molecular complexity index is 922. The summed E-state index contributed by atoms with van der Waals surface area (Å²) in [5, 5.41) is 0. The molecule has 2 nitrogen and oxygen atoms in total. The third-order valence-corrected chi connectivity index (χ3v) is 17.0. The maximum atomic E-state index is 6.56. The van der Waals surface area contributed by atoms with Crippen LogP contribution in [0.25, 0.3) is 0 Å². The second-order valence-corrected chi connectivity index (χ2v) is 17.1. The summed E-state index contributed by atoms with van der Waals surface area (Å²) in [5.74, 6) is 6.14. The lowest BCUT2D eigenvalue weighted by molar-refractivity contribution is 0.300. The van der Waals surface area contributed by atoms with E-state index < -0.39 is 0 Å². The fourth-order valence-corrected chi connectivity index (χ4v) is 16.1. The van der Waals surface area contributed by atoms with Crippen molar-refractivity contribution in [3.8, 4) is 11.5 Å². The smallest absolute Gasteiger partial charge is 0.128 e. The van der Waals surface area contributed by atoms with Gasteiger partial charge in [-0.15, -0.1) is 47.0 Å². The largest absolute Gasteiger partial charge is 0.493 e. The van der Waals surface area contributed by atoms with E-state index in [0.717, 1.165) is 60.6 Å². The Morgan fingerprint density at radius 1 is 0.500 bits per heavy atom. The second kappa shape index (κ2) is 10.1. The van der Waals surface area contributed by atoms with Gasteiger partial charge in [-0.2, -0.15) is 0 Å². The summed E-state index contributed by atoms with van der Waals surface area (Å²) in [7, 11) is 0. The lowest BCUT2D eigenvalue weighted by Crippen LogP contribution is -2.13. The molecule has 32 heavy (non-hydrogen) atoms. The molecule has 0 aliphatic carbocycles. The van der Waals surface area contributed by atoms with Gasteiger partial charge in [0, 0.05) is 45.3 Å². The van der Waals surface area contributed by atoms with Gasteiger partial charge in [-0.1, -0.05) is 60.9 Å². The molecule has 8 aliphatic heterocycles. The third kappa shape index (κ3) is 4.20. The Morgan fingerprint density at radius 2 is 0.812 bits per heavy atom. The predicted octanol–water partition coefficient (Wildman–Crippen LogP) is 9.58. The van der Waals surface area contributed by atoms with Crippen LogP contribution in [0.4, 0.5) is 0 Å². The molecule has 170 valence electrons. The van der Waals surface area contributed by atoms with Gasteiger partial charge < -0.3 is 9.47 Å². The molecule has 0 saturated heterocycles. The first-order valence-corrected chi connectivity index (χ1v) is 17.9. The average Bonchev–Trinajstić information content (AvgIpc) is 3.40. The highest BCUT2D eigenvalue weighted by Gasteiger charge is 2.37. The average molecular weight is 575 g/mol. The molecule has 0 unspecified atom stereocenters. The second-order valence-electron chi connectivity index (χ2n) is 7.56. The van der Waals surface area contributed by atoms with Gasteiger partial charge in [0.05, 0.1) is 38.6 Å². The van der Waals surface area contributed by atoms with Crippen LogP contribution in [0.1, 0.15) is 48.9 Å². The van der Waals surface area contributed by atoms with Crippen molar-refractivity contribution in [3.63, 3.8) is 0 Å². The minimum Gasteiger partial charge on any atom is -0.493 e. The van der Waals surface area contributed by atoms with E-state index in [9.17, 15) is 0 Å². The van der Waals surface area contributed by atoms with E-state index in [-0.39, 0.29) is 0 Å². The topological polar surface area (TPSA) is 18.5 Å². The first-order valence-electron chi connectivity index (χ1n) is 10.7. The first kappa shape index (κ1) is 23.3. The van der Waals surface area contributed by atoms with Gasteiger partial charge in [-0.3, -0.25) is 0 Å².